The summed E-state index contributed by atoms with van der Waals surface area (Å²) in [5.74, 6) is 0. The molecule has 92 valence electrons. The van der Waals surface area contributed by atoms with Crippen LogP contribution in [0.25, 0.3) is 0 Å². The molecule has 0 bridgehead atoms. The van der Waals surface area contributed by atoms with Gasteiger partial charge < -0.3 is 10.4 Å². The lowest BCUT2D eigenvalue weighted by molar-refractivity contribution is 0.205. The number of hydrogen-bond donors (Lipinski definition) is 2. The second-order valence-corrected chi connectivity index (χ2v) is 5.44. The number of nitrogens with zero attached hydrogens (tertiary/aromatic N) is 1. The highest BCUT2D eigenvalue weighted by Crippen LogP contribution is 2.25. The molecule has 1 heterocycles. The Labute approximate surface area is 102 Å². The lowest BCUT2D eigenvalue weighted by Crippen LogP contribution is -2.43. The van der Waals surface area contributed by atoms with Crippen LogP contribution in [0.4, 0.5) is 0 Å². The summed E-state index contributed by atoms with van der Waals surface area (Å²) in [6.07, 6.45) is 1.79. The van der Waals surface area contributed by atoms with E-state index in [1.54, 1.807) is 11.3 Å². The molecule has 0 saturated heterocycles. The molecule has 0 saturated carbocycles. The maximum Gasteiger partial charge on any atom is 0.0798 e. The molecule has 3 nitrogen and oxygen atoms in total. The standard InChI is InChI=1S/C12H22N2OS/c1-5-12(4,6-7-15)14-10(3)11-9(2)13-8-16-11/h8,10,14-15H,5-7H2,1-4H3. The first kappa shape index (κ1) is 13.6. The first-order chi connectivity index (χ1) is 7.52. The molecule has 0 spiro atoms. The highest BCUT2D eigenvalue weighted by molar-refractivity contribution is 7.09. The van der Waals surface area contributed by atoms with E-state index in [9.17, 15) is 0 Å². The number of aliphatic hydroxyl groups excluding tert-OH is 1. The van der Waals surface area contributed by atoms with Gasteiger partial charge in [0.25, 0.3) is 0 Å². The van der Waals surface area contributed by atoms with Crippen LogP contribution in [0.5, 0.6) is 0 Å². The molecule has 0 amide bonds. The number of aromatic nitrogens is 1. The zero-order valence-electron chi connectivity index (χ0n) is 10.6. The molecule has 1 aromatic rings. The van der Waals surface area contributed by atoms with E-state index in [2.05, 4.69) is 31.1 Å². The van der Waals surface area contributed by atoms with Crippen molar-refractivity contribution in [2.24, 2.45) is 0 Å². The minimum absolute atomic E-state index is 0.00456. The second-order valence-electron chi connectivity index (χ2n) is 4.56. The zero-order valence-corrected chi connectivity index (χ0v) is 11.4. The summed E-state index contributed by atoms with van der Waals surface area (Å²) in [7, 11) is 0. The summed E-state index contributed by atoms with van der Waals surface area (Å²) in [6.45, 7) is 8.74. The zero-order chi connectivity index (χ0) is 12.2. The fourth-order valence-electron chi connectivity index (χ4n) is 1.91. The fourth-order valence-corrected chi connectivity index (χ4v) is 2.72. The highest BCUT2D eigenvalue weighted by atomic mass is 32.1. The predicted molar refractivity (Wildman–Crippen MR) is 68.8 cm³/mol. The molecule has 2 unspecified atom stereocenters. The average Bonchev–Trinajstić information content (AvgIpc) is 2.65. The van der Waals surface area contributed by atoms with Crippen molar-refractivity contribution >= 4 is 11.3 Å². The molecule has 16 heavy (non-hydrogen) atoms. The van der Waals surface area contributed by atoms with Crippen LogP contribution < -0.4 is 5.32 Å². The molecule has 0 aliphatic heterocycles. The maximum atomic E-state index is 9.08. The van der Waals surface area contributed by atoms with Crippen molar-refractivity contribution in [3.63, 3.8) is 0 Å². The van der Waals surface area contributed by atoms with Crippen LogP contribution in [0, 0.1) is 6.92 Å². The predicted octanol–water partition coefficient (Wildman–Crippen LogP) is 2.65. The van der Waals surface area contributed by atoms with Crippen molar-refractivity contribution in [1.82, 2.24) is 10.3 Å². The van der Waals surface area contributed by atoms with Crippen molar-refractivity contribution in [1.29, 1.82) is 0 Å². The molecular formula is C12H22N2OS. The first-order valence-electron chi connectivity index (χ1n) is 5.81. The number of aliphatic hydroxyl groups is 1. The van der Waals surface area contributed by atoms with Crippen LogP contribution >= 0.6 is 11.3 Å². The van der Waals surface area contributed by atoms with Crippen LogP contribution in [0.3, 0.4) is 0 Å². The number of hydrogen-bond acceptors (Lipinski definition) is 4. The van der Waals surface area contributed by atoms with Gasteiger partial charge in [-0.25, -0.2) is 4.98 Å². The second kappa shape index (κ2) is 5.75. The van der Waals surface area contributed by atoms with Crippen molar-refractivity contribution in [3.8, 4) is 0 Å². The van der Waals surface area contributed by atoms with Gasteiger partial charge in [-0.2, -0.15) is 0 Å². The normalized spacial score (nSPS) is 17.1. The topological polar surface area (TPSA) is 45.1 Å². The molecule has 4 heteroatoms. The van der Waals surface area contributed by atoms with E-state index in [0.717, 1.165) is 18.5 Å². The monoisotopic (exact) mass is 242 g/mol. The van der Waals surface area contributed by atoms with Gasteiger partial charge in [0.2, 0.25) is 0 Å². The molecule has 0 aromatic carbocycles. The Kier molecular flexibility index (Phi) is 4.89. The summed E-state index contributed by atoms with van der Waals surface area (Å²) in [5, 5.41) is 12.7. The van der Waals surface area contributed by atoms with Gasteiger partial charge in [-0.3, -0.25) is 0 Å². The van der Waals surface area contributed by atoms with Crippen LogP contribution in [0.1, 0.15) is 50.2 Å². The summed E-state index contributed by atoms with van der Waals surface area (Å²) in [6, 6.07) is 0.295. The van der Waals surface area contributed by atoms with E-state index in [-0.39, 0.29) is 12.1 Å². The lowest BCUT2D eigenvalue weighted by Gasteiger charge is -2.32. The van der Waals surface area contributed by atoms with Gasteiger partial charge in [0.1, 0.15) is 0 Å². The van der Waals surface area contributed by atoms with Crippen molar-refractivity contribution in [3.05, 3.63) is 16.1 Å². The van der Waals surface area contributed by atoms with E-state index < -0.39 is 0 Å². The highest BCUT2D eigenvalue weighted by Gasteiger charge is 2.24. The number of thiazole rings is 1. The largest absolute Gasteiger partial charge is 0.396 e. The Bertz CT molecular complexity index is 327. The van der Waals surface area contributed by atoms with Crippen LogP contribution in [0.2, 0.25) is 0 Å². The Morgan fingerprint density at radius 3 is 2.75 bits per heavy atom. The van der Waals surface area contributed by atoms with Crippen molar-refractivity contribution in [2.75, 3.05) is 6.61 Å². The summed E-state index contributed by atoms with van der Waals surface area (Å²) in [4.78, 5) is 5.56. The van der Waals surface area contributed by atoms with Gasteiger partial charge in [-0.1, -0.05) is 6.92 Å². The van der Waals surface area contributed by atoms with Crippen molar-refractivity contribution < 1.29 is 5.11 Å². The van der Waals surface area contributed by atoms with Gasteiger partial charge >= 0.3 is 0 Å². The lowest BCUT2D eigenvalue weighted by atomic mass is 9.93. The molecule has 1 rings (SSSR count). The first-order valence-corrected chi connectivity index (χ1v) is 6.69. The summed E-state index contributed by atoms with van der Waals surface area (Å²) < 4.78 is 0. The van der Waals surface area contributed by atoms with Gasteiger partial charge in [-0.15, -0.1) is 11.3 Å². The minimum atomic E-state index is 0.00456. The Hall–Kier alpha value is -0.450. The van der Waals surface area contributed by atoms with Crippen LogP contribution in [-0.4, -0.2) is 22.2 Å². The Balaban J connectivity index is 2.69. The van der Waals surface area contributed by atoms with E-state index in [0.29, 0.717) is 6.04 Å². The van der Waals surface area contributed by atoms with E-state index >= 15 is 0 Å². The molecule has 2 atom stereocenters. The SMILES string of the molecule is CCC(C)(CCO)NC(C)c1scnc1C. The van der Waals surface area contributed by atoms with Gasteiger partial charge in [-0.05, 0) is 33.6 Å². The summed E-state index contributed by atoms with van der Waals surface area (Å²) >= 11 is 1.69. The van der Waals surface area contributed by atoms with Gasteiger partial charge in [0, 0.05) is 23.1 Å². The molecule has 1 aromatic heterocycles. The van der Waals surface area contributed by atoms with E-state index in [1.165, 1.54) is 4.88 Å². The molecule has 0 aliphatic rings. The third-order valence-electron chi connectivity index (χ3n) is 3.18. The average molecular weight is 242 g/mol. The third-order valence-corrected chi connectivity index (χ3v) is 4.30. The van der Waals surface area contributed by atoms with Crippen LogP contribution in [-0.2, 0) is 0 Å². The Morgan fingerprint density at radius 2 is 2.31 bits per heavy atom. The van der Waals surface area contributed by atoms with Crippen LogP contribution in [0.15, 0.2) is 5.51 Å². The number of nitrogens with one attached hydrogen (secondary N) is 1. The van der Waals surface area contributed by atoms with Gasteiger partial charge in [0.05, 0.1) is 11.2 Å². The third kappa shape index (κ3) is 3.27. The van der Waals surface area contributed by atoms with E-state index in [1.807, 2.05) is 12.4 Å². The number of rotatable bonds is 6. The molecule has 0 radical (unpaired) electrons. The molecule has 0 fully saturated rings. The van der Waals surface area contributed by atoms with Gasteiger partial charge in [0.15, 0.2) is 0 Å². The van der Waals surface area contributed by atoms with E-state index in [4.69, 9.17) is 5.11 Å². The summed E-state index contributed by atoms with van der Waals surface area (Å²) in [5.41, 5.74) is 3.00. The number of aryl methyl sites for hydroxylation is 1. The Morgan fingerprint density at radius 1 is 1.62 bits per heavy atom. The fraction of sp³-hybridized carbons (Fsp3) is 0.750. The smallest absolute Gasteiger partial charge is 0.0798 e. The maximum absolute atomic E-state index is 9.08. The molecular weight excluding hydrogens is 220 g/mol. The van der Waals surface area contributed by atoms with Crippen molar-refractivity contribution in [2.45, 2.75) is 52.1 Å². The molecule has 2 N–H and O–H groups in total. The molecule has 0 aliphatic carbocycles. The quantitative estimate of drug-likeness (QED) is 0.806. The minimum Gasteiger partial charge on any atom is -0.396 e.